The van der Waals surface area contributed by atoms with Crippen molar-refractivity contribution in [1.29, 1.82) is 0 Å². The minimum atomic E-state index is -0.379. The SMILES string of the molecule is Cc1ccc(C(=O)N(CCC(C)C)CC(=O)N(Cc2ccc(F)cc2)Cc2coc3ccccc3c2=O)cc1. The molecule has 3 aromatic carbocycles. The van der Waals surface area contributed by atoms with E-state index < -0.39 is 0 Å². The van der Waals surface area contributed by atoms with Crippen molar-refractivity contribution < 1.29 is 18.4 Å². The lowest BCUT2D eigenvalue weighted by molar-refractivity contribution is -0.133. The second-order valence-electron chi connectivity index (χ2n) is 10.2. The van der Waals surface area contributed by atoms with Crippen LogP contribution in [0.3, 0.4) is 0 Å². The van der Waals surface area contributed by atoms with Crippen LogP contribution in [0.25, 0.3) is 11.0 Å². The summed E-state index contributed by atoms with van der Waals surface area (Å²) in [4.78, 5) is 43.5. The highest BCUT2D eigenvalue weighted by Gasteiger charge is 2.24. The number of para-hydroxylation sites is 1. The van der Waals surface area contributed by atoms with E-state index in [4.69, 9.17) is 4.42 Å². The van der Waals surface area contributed by atoms with E-state index in [-0.39, 0.29) is 42.7 Å². The van der Waals surface area contributed by atoms with E-state index in [2.05, 4.69) is 13.8 Å². The van der Waals surface area contributed by atoms with Gasteiger partial charge in [0.1, 0.15) is 17.9 Å². The summed E-state index contributed by atoms with van der Waals surface area (Å²) in [6.07, 6.45) is 2.11. The number of amides is 2. The molecule has 7 heteroatoms. The van der Waals surface area contributed by atoms with Crippen LogP contribution in [0, 0.1) is 18.7 Å². The number of benzene rings is 3. The predicted molar refractivity (Wildman–Crippen MR) is 150 cm³/mol. The molecule has 1 aromatic heterocycles. The normalized spacial score (nSPS) is 11.1. The van der Waals surface area contributed by atoms with Gasteiger partial charge in [-0.2, -0.15) is 0 Å². The number of fused-ring (bicyclic) bond motifs is 1. The van der Waals surface area contributed by atoms with E-state index in [0.717, 1.165) is 12.0 Å². The molecule has 2 amide bonds. The van der Waals surface area contributed by atoms with Gasteiger partial charge in [0, 0.05) is 18.7 Å². The van der Waals surface area contributed by atoms with Gasteiger partial charge in [0.2, 0.25) is 5.91 Å². The molecule has 0 aliphatic rings. The Bertz CT molecular complexity index is 1490. The maximum Gasteiger partial charge on any atom is 0.254 e. The molecule has 0 N–H and O–H groups in total. The average Bonchev–Trinajstić information content (AvgIpc) is 2.93. The minimum Gasteiger partial charge on any atom is -0.464 e. The van der Waals surface area contributed by atoms with Gasteiger partial charge in [0.25, 0.3) is 5.91 Å². The van der Waals surface area contributed by atoms with Crippen molar-refractivity contribution in [1.82, 2.24) is 9.80 Å². The van der Waals surface area contributed by atoms with Gasteiger partial charge in [0.05, 0.1) is 23.8 Å². The van der Waals surface area contributed by atoms with Gasteiger partial charge in [0.15, 0.2) is 5.43 Å². The first-order chi connectivity index (χ1) is 18.7. The van der Waals surface area contributed by atoms with E-state index in [1.54, 1.807) is 53.4 Å². The third-order valence-electron chi connectivity index (χ3n) is 6.64. The molecule has 1 heterocycles. The molecule has 4 rings (SSSR count). The van der Waals surface area contributed by atoms with Crippen molar-refractivity contribution in [3.05, 3.63) is 117 Å². The number of hydrogen-bond donors (Lipinski definition) is 0. The summed E-state index contributed by atoms with van der Waals surface area (Å²) in [6.45, 7) is 6.47. The molecule has 202 valence electrons. The first-order valence-electron chi connectivity index (χ1n) is 13.1. The number of hydrogen-bond acceptors (Lipinski definition) is 4. The Balaban J connectivity index is 1.63. The molecule has 0 spiro atoms. The Kier molecular flexibility index (Phi) is 8.92. The second kappa shape index (κ2) is 12.5. The van der Waals surface area contributed by atoms with E-state index >= 15 is 0 Å². The summed E-state index contributed by atoms with van der Waals surface area (Å²) < 4.78 is 19.2. The highest BCUT2D eigenvalue weighted by Crippen LogP contribution is 2.16. The van der Waals surface area contributed by atoms with Gasteiger partial charge >= 0.3 is 0 Å². The van der Waals surface area contributed by atoms with Crippen LogP contribution in [0.4, 0.5) is 4.39 Å². The Morgan fingerprint density at radius 1 is 0.897 bits per heavy atom. The van der Waals surface area contributed by atoms with Crippen molar-refractivity contribution in [3.8, 4) is 0 Å². The number of carbonyl (C=O) groups is 2. The third-order valence-corrected chi connectivity index (χ3v) is 6.64. The van der Waals surface area contributed by atoms with Crippen LogP contribution < -0.4 is 5.43 Å². The lowest BCUT2D eigenvalue weighted by Crippen LogP contribution is -2.43. The molecule has 0 saturated carbocycles. The zero-order chi connectivity index (χ0) is 27.9. The molecule has 39 heavy (non-hydrogen) atoms. The van der Waals surface area contributed by atoms with Crippen LogP contribution in [0.2, 0.25) is 0 Å². The molecule has 0 fully saturated rings. The highest BCUT2D eigenvalue weighted by molar-refractivity contribution is 5.96. The van der Waals surface area contributed by atoms with Gasteiger partial charge in [-0.05, 0) is 61.2 Å². The summed E-state index contributed by atoms with van der Waals surface area (Å²) in [6, 6.07) is 20.1. The van der Waals surface area contributed by atoms with E-state index in [9.17, 15) is 18.8 Å². The maximum atomic E-state index is 13.8. The Labute approximate surface area is 227 Å². The molecule has 0 unspecified atom stereocenters. The fourth-order valence-electron chi connectivity index (χ4n) is 4.28. The van der Waals surface area contributed by atoms with Crippen molar-refractivity contribution in [2.75, 3.05) is 13.1 Å². The summed E-state index contributed by atoms with van der Waals surface area (Å²) in [5.74, 6) is -0.589. The Morgan fingerprint density at radius 3 is 2.28 bits per heavy atom. The quantitative estimate of drug-likeness (QED) is 0.255. The molecular weight excluding hydrogens is 495 g/mol. The maximum absolute atomic E-state index is 13.8. The largest absolute Gasteiger partial charge is 0.464 e. The predicted octanol–water partition coefficient (Wildman–Crippen LogP) is 5.96. The molecule has 6 nitrogen and oxygen atoms in total. The molecule has 0 aliphatic carbocycles. The van der Waals surface area contributed by atoms with Gasteiger partial charge in [-0.1, -0.05) is 55.8 Å². The van der Waals surface area contributed by atoms with Crippen molar-refractivity contribution in [3.63, 3.8) is 0 Å². The summed E-state index contributed by atoms with van der Waals surface area (Å²) in [5.41, 5.74) is 2.82. The molecule has 0 radical (unpaired) electrons. The topological polar surface area (TPSA) is 70.8 Å². The van der Waals surface area contributed by atoms with Crippen LogP contribution >= 0.6 is 0 Å². The second-order valence-corrected chi connectivity index (χ2v) is 10.2. The molecule has 0 atom stereocenters. The number of rotatable bonds is 10. The van der Waals surface area contributed by atoms with E-state index in [0.29, 0.717) is 40.1 Å². The van der Waals surface area contributed by atoms with Crippen LogP contribution in [0.5, 0.6) is 0 Å². The standard InChI is InChI=1S/C32H33FN2O4/c1-22(2)16-17-34(32(38)25-12-8-23(3)9-13-25)20-30(36)35(18-24-10-14-27(33)15-11-24)19-26-21-39-29-7-5-4-6-28(29)31(26)37/h4-15,21-22H,16-20H2,1-3H3. The average molecular weight is 529 g/mol. The fourth-order valence-corrected chi connectivity index (χ4v) is 4.28. The van der Waals surface area contributed by atoms with Crippen LogP contribution in [0.15, 0.2) is 88.3 Å². The van der Waals surface area contributed by atoms with Crippen LogP contribution in [0.1, 0.15) is 47.3 Å². The summed E-state index contributed by atoms with van der Waals surface area (Å²) in [5, 5.41) is 0.428. The van der Waals surface area contributed by atoms with E-state index in [1.165, 1.54) is 23.3 Å². The zero-order valence-corrected chi connectivity index (χ0v) is 22.5. The first-order valence-corrected chi connectivity index (χ1v) is 13.1. The number of carbonyl (C=O) groups excluding carboxylic acids is 2. The smallest absolute Gasteiger partial charge is 0.254 e. The number of nitrogens with zero attached hydrogens (tertiary/aromatic N) is 2. The summed E-state index contributed by atoms with van der Waals surface area (Å²) >= 11 is 0. The van der Waals surface area contributed by atoms with Crippen molar-refractivity contribution >= 4 is 22.8 Å². The van der Waals surface area contributed by atoms with Gasteiger partial charge in [-0.15, -0.1) is 0 Å². The Hall–Kier alpha value is -4.26. The van der Waals surface area contributed by atoms with Gasteiger partial charge in [-0.25, -0.2) is 4.39 Å². The minimum absolute atomic E-state index is 0.0138. The molecule has 0 saturated heterocycles. The monoisotopic (exact) mass is 528 g/mol. The first kappa shape index (κ1) is 27.8. The Morgan fingerprint density at radius 2 is 1.59 bits per heavy atom. The van der Waals surface area contributed by atoms with E-state index in [1.807, 2.05) is 19.1 Å². The zero-order valence-electron chi connectivity index (χ0n) is 22.5. The molecular formula is C32H33FN2O4. The van der Waals surface area contributed by atoms with Gasteiger partial charge in [-0.3, -0.25) is 14.4 Å². The highest BCUT2D eigenvalue weighted by atomic mass is 19.1. The van der Waals surface area contributed by atoms with Crippen LogP contribution in [-0.2, 0) is 17.9 Å². The van der Waals surface area contributed by atoms with Crippen molar-refractivity contribution in [2.24, 2.45) is 5.92 Å². The third kappa shape index (κ3) is 7.19. The van der Waals surface area contributed by atoms with Gasteiger partial charge < -0.3 is 14.2 Å². The summed E-state index contributed by atoms with van der Waals surface area (Å²) in [7, 11) is 0. The molecule has 0 aliphatic heterocycles. The number of aryl methyl sites for hydroxylation is 1. The molecule has 4 aromatic rings. The van der Waals surface area contributed by atoms with Crippen LogP contribution in [-0.4, -0.2) is 34.7 Å². The fraction of sp³-hybridized carbons (Fsp3) is 0.281. The molecule has 0 bridgehead atoms. The lowest BCUT2D eigenvalue weighted by Gasteiger charge is -2.28. The number of halogens is 1. The lowest BCUT2D eigenvalue weighted by atomic mass is 10.1. The van der Waals surface area contributed by atoms with Crippen molar-refractivity contribution in [2.45, 2.75) is 40.3 Å².